The summed E-state index contributed by atoms with van der Waals surface area (Å²) < 4.78 is 4.85. The van der Waals surface area contributed by atoms with Crippen LogP contribution in [0.25, 0.3) is 0 Å². The van der Waals surface area contributed by atoms with Crippen molar-refractivity contribution >= 4 is 23.4 Å². The Morgan fingerprint density at radius 2 is 2.07 bits per heavy atom. The lowest BCUT2D eigenvalue weighted by atomic mass is 10.5. The summed E-state index contributed by atoms with van der Waals surface area (Å²) in [4.78, 5) is 18.5. The molecule has 0 saturated carbocycles. The molecule has 1 aromatic heterocycles. The van der Waals surface area contributed by atoms with Gasteiger partial charge in [-0.15, -0.1) is 0 Å². The summed E-state index contributed by atoms with van der Waals surface area (Å²) in [5, 5.41) is 2.59. The molecule has 0 bridgehead atoms. The molecule has 0 aliphatic carbocycles. The molecule has 1 rings (SSSR count). The average Bonchev–Trinajstić information content (AvgIpc) is 2.07. The Morgan fingerprint density at radius 1 is 1.50 bits per heavy atom. The van der Waals surface area contributed by atoms with Crippen LogP contribution in [0, 0.1) is 0 Å². The molecule has 76 valence electrons. The zero-order valence-electron chi connectivity index (χ0n) is 7.82. The normalized spacial score (nSPS) is 10.0. The number of rotatable bonds is 2. The van der Waals surface area contributed by atoms with Crippen LogP contribution in [-0.4, -0.2) is 22.2 Å². The number of nitrogens with zero attached hydrogens (tertiary/aromatic N) is 2. The first-order valence-electron chi connectivity index (χ1n) is 4.03. The van der Waals surface area contributed by atoms with Gasteiger partial charge in [-0.2, -0.15) is 0 Å². The third-order valence-corrected chi connectivity index (χ3v) is 1.40. The van der Waals surface area contributed by atoms with Crippen molar-refractivity contribution in [3.63, 3.8) is 0 Å². The highest BCUT2D eigenvalue weighted by Gasteiger charge is 2.05. The van der Waals surface area contributed by atoms with E-state index >= 15 is 0 Å². The van der Waals surface area contributed by atoms with Gasteiger partial charge in [0, 0.05) is 0 Å². The minimum absolute atomic E-state index is 0.132. The van der Waals surface area contributed by atoms with E-state index in [1.165, 1.54) is 12.4 Å². The van der Waals surface area contributed by atoms with E-state index in [9.17, 15) is 4.79 Å². The number of nitrogens with one attached hydrogen (secondary N) is 1. The number of aromatic nitrogens is 2. The fraction of sp³-hybridized carbons (Fsp3) is 0.375. The number of carbonyl (C=O) groups is 1. The molecule has 0 atom stereocenters. The highest BCUT2D eigenvalue weighted by atomic mass is 35.5. The molecular weight excluding hydrogens is 206 g/mol. The van der Waals surface area contributed by atoms with Gasteiger partial charge < -0.3 is 4.74 Å². The van der Waals surface area contributed by atoms with Gasteiger partial charge in [0.2, 0.25) is 5.28 Å². The molecule has 0 fully saturated rings. The monoisotopic (exact) mass is 215 g/mol. The second-order valence-electron chi connectivity index (χ2n) is 2.82. The van der Waals surface area contributed by atoms with Crippen LogP contribution < -0.4 is 5.32 Å². The van der Waals surface area contributed by atoms with E-state index in [-0.39, 0.29) is 11.4 Å². The van der Waals surface area contributed by atoms with Crippen molar-refractivity contribution < 1.29 is 9.53 Å². The van der Waals surface area contributed by atoms with Crippen molar-refractivity contribution in [1.82, 2.24) is 9.97 Å². The molecule has 14 heavy (non-hydrogen) atoms. The van der Waals surface area contributed by atoms with Crippen LogP contribution in [0.5, 0.6) is 0 Å². The zero-order chi connectivity index (χ0) is 10.6. The fourth-order valence-corrected chi connectivity index (χ4v) is 0.836. The number of amides is 1. The molecule has 0 aromatic carbocycles. The van der Waals surface area contributed by atoms with Crippen molar-refractivity contribution in [3.8, 4) is 0 Å². The van der Waals surface area contributed by atoms with Crippen LogP contribution in [0.15, 0.2) is 12.4 Å². The molecule has 6 heteroatoms. The van der Waals surface area contributed by atoms with E-state index in [1.54, 1.807) is 13.8 Å². The molecule has 0 radical (unpaired) electrons. The Kier molecular flexibility index (Phi) is 3.64. The van der Waals surface area contributed by atoms with Crippen LogP contribution in [0.1, 0.15) is 13.8 Å². The molecule has 1 heterocycles. The van der Waals surface area contributed by atoms with E-state index in [0.29, 0.717) is 5.69 Å². The van der Waals surface area contributed by atoms with E-state index < -0.39 is 6.09 Å². The van der Waals surface area contributed by atoms with Crippen molar-refractivity contribution in [2.45, 2.75) is 20.0 Å². The summed E-state index contributed by atoms with van der Waals surface area (Å²) in [6, 6.07) is 0. The predicted octanol–water partition coefficient (Wildman–Crippen LogP) is 2.09. The molecule has 0 unspecified atom stereocenters. The fourth-order valence-electron chi connectivity index (χ4n) is 0.738. The zero-order valence-corrected chi connectivity index (χ0v) is 8.58. The summed E-state index contributed by atoms with van der Waals surface area (Å²) in [6.45, 7) is 3.52. The van der Waals surface area contributed by atoms with Crippen LogP contribution >= 0.6 is 11.6 Å². The number of hydrogen-bond acceptors (Lipinski definition) is 4. The number of anilines is 1. The highest BCUT2D eigenvalue weighted by molar-refractivity contribution is 6.28. The quantitative estimate of drug-likeness (QED) is 0.768. The lowest BCUT2D eigenvalue weighted by Crippen LogP contribution is -2.18. The van der Waals surface area contributed by atoms with Gasteiger partial charge in [-0.1, -0.05) is 0 Å². The summed E-state index contributed by atoms with van der Waals surface area (Å²) >= 11 is 5.47. The molecule has 0 aliphatic rings. The molecular formula is C8H10ClN3O2. The molecule has 0 saturated heterocycles. The molecule has 0 aliphatic heterocycles. The standard InChI is InChI=1S/C8H10ClN3O2/c1-5(2)14-8(13)12-6-3-10-7(9)11-4-6/h3-5H,1-2H3,(H,12,13). The molecule has 0 spiro atoms. The van der Waals surface area contributed by atoms with Gasteiger partial charge in [-0.25, -0.2) is 14.8 Å². The van der Waals surface area contributed by atoms with Gasteiger partial charge in [0.1, 0.15) is 0 Å². The van der Waals surface area contributed by atoms with Crippen LogP contribution in [0.4, 0.5) is 10.5 Å². The van der Waals surface area contributed by atoms with Gasteiger partial charge in [0.15, 0.2) is 0 Å². The summed E-state index contributed by atoms with van der Waals surface area (Å²) in [5.74, 6) is 0. The summed E-state index contributed by atoms with van der Waals surface area (Å²) in [5.41, 5.74) is 0.444. The molecule has 1 amide bonds. The first-order valence-corrected chi connectivity index (χ1v) is 4.41. The number of carbonyl (C=O) groups excluding carboxylic acids is 1. The lowest BCUT2D eigenvalue weighted by Gasteiger charge is -2.08. The smallest absolute Gasteiger partial charge is 0.411 e. The maximum Gasteiger partial charge on any atom is 0.411 e. The topological polar surface area (TPSA) is 64.1 Å². The Bertz CT molecular complexity index is 313. The van der Waals surface area contributed by atoms with Crippen LogP contribution in [0.2, 0.25) is 5.28 Å². The Morgan fingerprint density at radius 3 is 2.57 bits per heavy atom. The Balaban J connectivity index is 2.52. The van der Waals surface area contributed by atoms with E-state index in [2.05, 4.69) is 15.3 Å². The van der Waals surface area contributed by atoms with E-state index in [4.69, 9.17) is 16.3 Å². The molecule has 1 N–H and O–H groups in total. The van der Waals surface area contributed by atoms with Gasteiger partial charge >= 0.3 is 6.09 Å². The van der Waals surface area contributed by atoms with Gasteiger partial charge in [-0.3, -0.25) is 5.32 Å². The number of halogens is 1. The third-order valence-electron chi connectivity index (χ3n) is 1.21. The van der Waals surface area contributed by atoms with Crippen LogP contribution in [0.3, 0.4) is 0 Å². The summed E-state index contributed by atoms with van der Waals surface area (Å²) in [6.07, 6.45) is 2.10. The molecule has 1 aromatic rings. The van der Waals surface area contributed by atoms with Gasteiger partial charge in [0.05, 0.1) is 24.2 Å². The lowest BCUT2D eigenvalue weighted by molar-refractivity contribution is 0.130. The second kappa shape index (κ2) is 4.76. The SMILES string of the molecule is CC(C)OC(=O)Nc1cnc(Cl)nc1. The van der Waals surface area contributed by atoms with Crippen LogP contribution in [-0.2, 0) is 4.74 Å². The first-order chi connectivity index (χ1) is 6.58. The van der Waals surface area contributed by atoms with Crippen molar-refractivity contribution in [2.24, 2.45) is 0 Å². The van der Waals surface area contributed by atoms with Crippen molar-refractivity contribution in [3.05, 3.63) is 17.7 Å². The summed E-state index contributed by atoms with van der Waals surface area (Å²) in [7, 11) is 0. The minimum Gasteiger partial charge on any atom is -0.447 e. The minimum atomic E-state index is -0.536. The molecule has 5 nitrogen and oxygen atoms in total. The van der Waals surface area contributed by atoms with Crippen molar-refractivity contribution in [2.75, 3.05) is 5.32 Å². The maximum absolute atomic E-state index is 11.1. The Hall–Kier alpha value is -1.36. The predicted molar refractivity (Wildman–Crippen MR) is 52.3 cm³/mol. The average molecular weight is 216 g/mol. The number of ether oxygens (including phenoxy) is 1. The third kappa shape index (κ3) is 3.57. The van der Waals surface area contributed by atoms with Crippen molar-refractivity contribution in [1.29, 1.82) is 0 Å². The van der Waals surface area contributed by atoms with E-state index in [0.717, 1.165) is 0 Å². The van der Waals surface area contributed by atoms with Gasteiger partial charge in [-0.05, 0) is 25.4 Å². The largest absolute Gasteiger partial charge is 0.447 e. The second-order valence-corrected chi connectivity index (χ2v) is 3.16. The van der Waals surface area contributed by atoms with E-state index in [1.807, 2.05) is 0 Å². The Labute approximate surface area is 86.5 Å². The maximum atomic E-state index is 11.1. The number of hydrogen-bond donors (Lipinski definition) is 1. The van der Waals surface area contributed by atoms with Gasteiger partial charge in [0.25, 0.3) is 0 Å². The first kappa shape index (κ1) is 10.7. The highest BCUT2D eigenvalue weighted by Crippen LogP contribution is 2.06.